The molecule has 8 nitrogen and oxygen atoms in total. The molecule has 2 aliphatic rings. The number of aldehydes is 1. The van der Waals surface area contributed by atoms with E-state index in [0.29, 0.717) is 13.2 Å². The van der Waals surface area contributed by atoms with Crippen LogP contribution in [-0.2, 0) is 27.1 Å². The molecule has 0 amide bonds. The molecule has 4 rings (SSSR count). The number of hydrogen-bond donors (Lipinski definition) is 3. The number of aliphatic hydroxyl groups excluding tert-OH is 1. The molecule has 2 saturated heterocycles. The summed E-state index contributed by atoms with van der Waals surface area (Å²) in [5, 5.41) is 29.8. The maximum atomic E-state index is 10.6. The van der Waals surface area contributed by atoms with E-state index in [1.807, 2.05) is 52.0 Å². The van der Waals surface area contributed by atoms with Crippen molar-refractivity contribution in [2.24, 2.45) is 0 Å². The van der Waals surface area contributed by atoms with Crippen LogP contribution in [0.25, 0.3) is 0 Å². The molecule has 2 heterocycles. The van der Waals surface area contributed by atoms with E-state index in [4.69, 9.17) is 15.9 Å². The van der Waals surface area contributed by atoms with Gasteiger partial charge in [0.25, 0.3) is 0 Å². The number of nitrogens with zero attached hydrogens (tertiary/aromatic N) is 2. The average molecular weight is 687 g/mol. The molecule has 1 unspecified atom stereocenters. The molecule has 0 radical (unpaired) electrons. The Morgan fingerprint density at radius 1 is 0.820 bits per heavy atom. The van der Waals surface area contributed by atoms with Crippen molar-refractivity contribution in [3.63, 3.8) is 0 Å². The van der Waals surface area contributed by atoms with Gasteiger partial charge in [0, 0.05) is 11.1 Å². The summed E-state index contributed by atoms with van der Waals surface area (Å²) < 4.78 is 11.1. The smallest absolute Gasteiger partial charge is 0.379 e. The Balaban J connectivity index is 0.000000290. The van der Waals surface area contributed by atoms with Gasteiger partial charge in [0.15, 0.2) is 0 Å². The summed E-state index contributed by atoms with van der Waals surface area (Å²) in [7, 11) is -1.36. The topological polar surface area (TPSA) is 103 Å². The third-order valence-electron chi connectivity index (χ3n) is 9.08. The van der Waals surface area contributed by atoms with Crippen molar-refractivity contribution in [3.8, 4) is 24.2 Å². The van der Waals surface area contributed by atoms with Crippen LogP contribution in [0.1, 0.15) is 102 Å². The zero-order valence-electron chi connectivity index (χ0n) is 31.7. The fourth-order valence-corrected chi connectivity index (χ4v) is 6.42. The molecular formula is C40H60B2N2O6. The van der Waals surface area contributed by atoms with Crippen LogP contribution >= 0.6 is 0 Å². The first-order chi connectivity index (χ1) is 23.7. The summed E-state index contributed by atoms with van der Waals surface area (Å²) in [5.41, 5.74) is 3.43. The molecule has 0 aromatic heterocycles. The van der Waals surface area contributed by atoms with E-state index in [0.717, 1.165) is 23.8 Å². The van der Waals surface area contributed by atoms with Gasteiger partial charge in [0.05, 0.1) is 25.3 Å². The summed E-state index contributed by atoms with van der Waals surface area (Å²) >= 11 is 0. The molecular weight excluding hydrogens is 626 g/mol. The van der Waals surface area contributed by atoms with Crippen molar-refractivity contribution in [2.45, 2.75) is 136 Å². The van der Waals surface area contributed by atoms with Gasteiger partial charge < -0.3 is 29.4 Å². The van der Waals surface area contributed by atoms with Gasteiger partial charge in [-0.2, -0.15) is 0 Å². The highest BCUT2D eigenvalue weighted by Crippen LogP contribution is 2.29. The largest absolute Gasteiger partial charge is 0.437 e. The minimum Gasteiger partial charge on any atom is -0.437 e. The molecule has 50 heavy (non-hydrogen) atoms. The Hall–Kier alpha value is -2.92. The van der Waals surface area contributed by atoms with E-state index in [2.05, 4.69) is 55.9 Å². The highest BCUT2D eigenvalue weighted by atomic mass is 16.5. The van der Waals surface area contributed by atoms with Crippen molar-refractivity contribution in [2.75, 3.05) is 13.2 Å². The van der Waals surface area contributed by atoms with Crippen molar-refractivity contribution >= 4 is 20.4 Å². The van der Waals surface area contributed by atoms with Gasteiger partial charge in [0.2, 0.25) is 0 Å². The Morgan fingerprint density at radius 3 is 1.70 bits per heavy atom. The van der Waals surface area contributed by atoms with Gasteiger partial charge in [-0.15, -0.1) is 6.42 Å². The highest BCUT2D eigenvalue weighted by Gasteiger charge is 2.47. The molecule has 0 bridgehead atoms. The second kappa shape index (κ2) is 21.4. The van der Waals surface area contributed by atoms with Crippen molar-refractivity contribution < 1.29 is 29.4 Å². The average Bonchev–Trinajstić information content (AvgIpc) is 3.59. The Bertz CT molecular complexity index is 1380. The summed E-state index contributed by atoms with van der Waals surface area (Å²) in [4.78, 5) is 14.0. The molecule has 2 fully saturated rings. The number of hydrogen-bond acceptors (Lipinski definition) is 8. The summed E-state index contributed by atoms with van der Waals surface area (Å²) in [5.74, 6) is 8.57. The number of carbonyl (C=O) groups excluding carboxylic acids is 1. The number of unbranched alkanes of at least 4 members (excludes halogenated alkanes) is 4. The molecule has 0 spiro atoms. The van der Waals surface area contributed by atoms with Crippen LogP contribution in [0.4, 0.5) is 0 Å². The number of ether oxygens (including phenoxy) is 2. The summed E-state index contributed by atoms with van der Waals surface area (Å²) in [6.07, 6.45) is 15.1. The number of terminal acetylenes is 1. The van der Waals surface area contributed by atoms with Gasteiger partial charge >= 0.3 is 14.1 Å². The van der Waals surface area contributed by atoms with Crippen molar-refractivity contribution in [1.29, 1.82) is 0 Å². The second-order valence-electron chi connectivity index (χ2n) is 14.0. The van der Waals surface area contributed by atoms with E-state index in [1.54, 1.807) is 23.3 Å². The number of rotatable bonds is 12. The van der Waals surface area contributed by atoms with Crippen LogP contribution in [0, 0.1) is 24.2 Å². The minimum absolute atomic E-state index is 0.319. The first-order valence-corrected chi connectivity index (χ1v) is 18.2. The fourth-order valence-electron chi connectivity index (χ4n) is 6.42. The van der Waals surface area contributed by atoms with Crippen LogP contribution in [-0.4, -0.2) is 88.0 Å². The lowest BCUT2D eigenvalue weighted by Gasteiger charge is -2.35. The maximum Gasteiger partial charge on any atom is 0.379 e. The van der Waals surface area contributed by atoms with Crippen LogP contribution in [0.15, 0.2) is 48.5 Å². The van der Waals surface area contributed by atoms with E-state index in [1.165, 1.54) is 56.1 Å². The predicted molar refractivity (Wildman–Crippen MR) is 205 cm³/mol. The molecule has 0 saturated carbocycles. The second-order valence-corrected chi connectivity index (χ2v) is 14.0. The standard InChI is InChI=1S/C20H30BNO3.C13H16.C7H14BNO3/c1-5-6-7-8-16-9-11-17(12-10-16)13-14-19(23)18-15-25-20(2,3)22(18)21(4)24;1-3-5-6-7-13-10-8-12(4-2)9-11-13;1-7(2)9(8(3)11)6(4-10)5-12-7/h9-12,18-19,23-24H,5-8,15H2,1-4H3;2,8-11H,3,5-7H2,1H3;4,6,11H,5H2,1-3H3/t18-,19+;;/m1../s1. The van der Waals surface area contributed by atoms with E-state index < -0.39 is 31.7 Å². The van der Waals surface area contributed by atoms with Gasteiger partial charge in [-0.05, 0) is 102 Å². The van der Waals surface area contributed by atoms with E-state index in [9.17, 15) is 19.9 Å². The number of aliphatic hydroxyl groups is 1. The molecule has 2 aliphatic heterocycles. The Morgan fingerprint density at radius 2 is 1.28 bits per heavy atom. The maximum absolute atomic E-state index is 10.6. The predicted octanol–water partition coefficient (Wildman–Crippen LogP) is 5.81. The van der Waals surface area contributed by atoms with Crippen LogP contribution < -0.4 is 0 Å². The Labute approximate surface area is 303 Å². The monoisotopic (exact) mass is 686 g/mol. The number of carbonyl (C=O) groups is 1. The zero-order valence-corrected chi connectivity index (χ0v) is 31.7. The normalized spacial score (nSPS) is 19.8. The third-order valence-corrected chi connectivity index (χ3v) is 9.08. The molecule has 2 aromatic carbocycles. The lowest BCUT2D eigenvalue weighted by Crippen LogP contribution is -2.55. The zero-order chi connectivity index (χ0) is 37.3. The highest BCUT2D eigenvalue weighted by molar-refractivity contribution is 6.46. The molecule has 3 atom stereocenters. The first-order valence-electron chi connectivity index (χ1n) is 18.2. The SMILES string of the molecule is C#Cc1ccc(CCCCC)cc1.CB(O)N1C(C=O)COC1(C)C.CCCCCc1ccc(C#C[C@H](O)[C@H]2COC(C)(C)N2B(C)O)cc1. The van der Waals surface area contributed by atoms with Gasteiger partial charge in [0.1, 0.15) is 23.8 Å². The number of benzene rings is 2. The summed E-state index contributed by atoms with van der Waals surface area (Å²) in [6, 6.07) is 15.9. The fraction of sp³-hybridized carbons (Fsp3) is 0.575. The quantitative estimate of drug-likeness (QED) is 0.111. The molecule has 272 valence electrons. The van der Waals surface area contributed by atoms with Crippen LogP contribution in [0.5, 0.6) is 0 Å². The lowest BCUT2D eigenvalue weighted by atomic mass is 9.80. The van der Waals surface area contributed by atoms with Gasteiger partial charge in [-0.3, -0.25) is 9.62 Å². The van der Waals surface area contributed by atoms with Crippen molar-refractivity contribution in [3.05, 3.63) is 70.8 Å². The number of aryl methyl sites for hydroxylation is 2. The van der Waals surface area contributed by atoms with E-state index >= 15 is 0 Å². The third kappa shape index (κ3) is 13.7. The molecule has 3 N–H and O–H groups in total. The molecule has 0 aliphatic carbocycles. The summed E-state index contributed by atoms with van der Waals surface area (Å²) in [6.45, 7) is 15.9. The van der Waals surface area contributed by atoms with E-state index in [-0.39, 0.29) is 12.1 Å². The Kier molecular flexibility index (Phi) is 18.5. The molecule has 2 aromatic rings. The molecule has 10 heteroatoms. The lowest BCUT2D eigenvalue weighted by molar-refractivity contribution is -0.111. The first kappa shape index (κ1) is 43.2. The van der Waals surface area contributed by atoms with Crippen molar-refractivity contribution in [1.82, 2.24) is 9.62 Å². The van der Waals surface area contributed by atoms with Gasteiger partial charge in [-0.1, -0.05) is 81.6 Å². The van der Waals surface area contributed by atoms with Gasteiger partial charge in [-0.25, -0.2) is 0 Å². The minimum atomic E-state index is -0.874. The van der Waals surface area contributed by atoms with Crippen LogP contribution in [0.2, 0.25) is 13.6 Å². The van der Waals surface area contributed by atoms with Crippen LogP contribution in [0.3, 0.4) is 0 Å².